The molecule has 1 saturated heterocycles. The Morgan fingerprint density at radius 3 is 2.73 bits per heavy atom. The second-order valence-corrected chi connectivity index (χ2v) is 4.41. The quantitative estimate of drug-likeness (QED) is 0.820. The minimum absolute atomic E-state index is 0.134. The Labute approximate surface area is 97.2 Å². The molecule has 0 spiro atoms. The van der Waals surface area contributed by atoms with E-state index in [1.54, 1.807) is 4.90 Å². The largest absolute Gasteiger partial charge is 0.359 e. The predicted octanol–water partition coefficient (Wildman–Crippen LogP) is 1.81. The summed E-state index contributed by atoms with van der Waals surface area (Å²) in [5, 5.41) is 0. The van der Waals surface area contributed by atoms with E-state index < -0.39 is 0 Å². The molecule has 0 atom stereocenters. The van der Waals surface area contributed by atoms with E-state index in [1.807, 2.05) is 24.3 Å². The highest BCUT2D eigenvalue weighted by molar-refractivity contribution is 9.10. The Morgan fingerprint density at radius 1 is 1.40 bits per heavy atom. The van der Waals surface area contributed by atoms with Crippen molar-refractivity contribution in [1.82, 2.24) is 4.90 Å². The zero-order valence-corrected chi connectivity index (χ0v) is 9.87. The van der Waals surface area contributed by atoms with Gasteiger partial charge in [-0.3, -0.25) is 4.79 Å². The second kappa shape index (κ2) is 4.77. The lowest BCUT2D eigenvalue weighted by Gasteiger charge is -2.13. The zero-order valence-electron chi connectivity index (χ0n) is 8.28. The Kier molecular flexibility index (Phi) is 3.38. The van der Waals surface area contributed by atoms with Crippen molar-refractivity contribution >= 4 is 21.8 Å². The number of halogens is 1. The maximum absolute atomic E-state index is 11.7. The molecule has 0 bridgehead atoms. The van der Waals surface area contributed by atoms with E-state index in [0.29, 0.717) is 19.8 Å². The van der Waals surface area contributed by atoms with Gasteiger partial charge in [0, 0.05) is 11.0 Å². The summed E-state index contributed by atoms with van der Waals surface area (Å²) in [5.74, 6) is 0.134. The van der Waals surface area contributed by atoms with Crippen LogP contribution in [0.3, 0.4) is 0 Å². The van der Waals surface area contributed by atoms with Crippen LogP contribution in [0.15, 0.2) is 28.7 Å². The smallest absolute Gasteiger partial charge is 0.228 e. The van der Waals surface area contributed by atoms with Crippen LogP contribution < -0.4 is 0 Å². The van der Waals surface area contributed by atoms with Gasteiger partial charge in [0.25, 0.3) is 0 Å². The van der Waals surface area contributed by atoms with Crippen molar-refractivity contribution in [3.05, 3.63) is 34.3 Å². The van der Waals surface area contributed by atoms with Gasteiger partial charge in [0.05, 0.1) is 13.0 Å². The summed E-state index contributed by atoms with van der Waals surface area (Å²) in [7, 11) is 0. The van der Waals surface area contributed by atoms with Crippen molar-refractivity contribution in [2.45, 2.75) is 6.42 Å². The number of nitrogens with zero attached hydrogens (tertiary/aromatic N) is 1. The van der Waals surface area contributed by atoms with Crippen molar-refractivity contribution < 1.29 is 9.53 Å². The van der Waals surface area contributed by atoms with Crippen LogP contribution in [0.4, 0.5) is 0 Å². The van der Waals surface area contributed by atoms with Gasteiger partial charge in [0.15, 0.2) is 0 Å². The minimum atomic E-state index is 0.134. The molecular weight excluding hydrogens is 258 g/mol. The van der Waals surface area contributed by atoms with Crippen LogP contribution in [0.2, 0.25) is 0 Å². The van der Waals surface area contributed by atoms with Crippen molar-refractivity contribution in [2.75, 3.05) is 19.9 Å². The normalized spacial score (nSPS) is 15.7. The van der Waals surface area contributed by atoms with Gasteiger partial charge in [-0.05, 0) is 17.7 Å². The average Bonchev–Trinajstić information content (AvgIpc) is 2.74. The predicted molar refractivity (Wildman–Crippen MR) is 60.4 cm³/mol. The monoisotopic (exact) mass is 269 g/mol. The SMILES string of the molecule is O=C(Cc1ccc(Br)cc1)N1CCOC1. The van der Waals surface area contributed by atoms with E-state index in [4.69, 9.17) is 4.74 Å². The molecule has 1 aliphatic rings. The van der Waals surface area contributed by atoms with Gasteiger partial charge in [0.2, 0.25) is 5.91 Å². The summed E-state index contributed by atoms with van der Waals surface area (Å²) >= 11 is 3.36. The maximum atomic E-state index is 11.7. The van der Waals surface area contributed by atoms with Crippen LogP contribution in [0.1, 0.15) is 5.56 Å². The highest BCUT2D eigenvalue weighted by Crippen LogP contribution is 2.12. The van der Waals surface area contributed by atoms with Crippen molar-refractivity contribution in [3.63, 3.8) is 0 Å². The molecule has 1 heterocycles. The van der Waals surface area contributed by atoms with E-state index in [0.717, 1.165) is 16.6 Å². The van der Waals surface area contributed by atoms with Gasteiger partial charge in [-0.15, -0.1) is 0 Å². The second-order valence-electron chi connectivity index (χ2n) is 3.50. The molecule has 15 heavy (non-hydrogen) atoms. The zero-order chi connectivity index (χ0) is 10.7. The number of amides is 1. The summed E-state index contributed by atoms with van der Waals surface area (Å²) in [4.78, 5) is 13.5. The molecule has 0 unspecified atom stereocenters. The maximum Gasteiger partial charge on any atom is 0.228 e. The molecule has 1 aromatic carbocycles. The van der Waals surface area contributed by atoms with Crippen LogP contribution in [0.25, 0.3) is 0 Å². The third-order valence-electron chi connectivity index (χ3n) is 2.37. The molecule has 2 rings (SSSR count). The van der Waals surface area contributed by atoms with Crippen LogP contribution in [0, 0.1) is 0 Å². The molecule has 1 aromatic rings. The first-order valence-corrected chi connectivity index (χ1v) is 5.65. The van der Waals surface area contributed by atoms with Gasteiger partial charge in [0.1, 0.15) is 6.73 Å². The molecule has 3 nitrogen and oxygen atoms in total. The minimum Gasteiger partial charge on any atom is -0.359 e. The lowest BCUT2D eigenvalue weighted by atomic mass is 10.1. The van der Waals surface area contributed by atoms with Crippen LogP contribution >= 0.6 is 15.9 Å². The number of rotatable bonds is 2. The fraction of sp³-hybridized carbons (Fsp3) is 0.364. The highest BCUT2D eigenvalue weighted by Gasteiger charge is 2.18. The number of carbonyl (C=O) groups excluding carboxylic acids is 1. The van der Waals surface area contributed by atoms with Gasteiger partial charge in [-0.2, -0.15) is 0 Å². The molecule has 4 heteroatoms. The average molecular weight is 270 g/mol. The lowest BCUT2D eigenvalue weighted by Crippen LogP contribution is -2.29. The molecule has 1 aliphatic heterocycles. The van der Waals surface area contributed by atoms with Gasteiger partial charge in [-0.1, -0.05) is 28.1 Å². The summed E-state index contributed by atoms with van der Waals surface area (Å²) in [6.45, 7) is 1.82. The molecule has 1 fully saturated rings. The molecule has 0 aromatic heterocycles. The molecule has 0 saturated carbocycles. The number of benzene rings is 1. The Balaban J connectivity index is 1.96. The highest BCUT2D eigenvalue weighted by atomic mass is 79.9. The first-order valence-electron chi connectivity index (χ1n) is 4.85. The Bertz CT molecular complexity index is 344. The molecule has 80 valence electrons. The summed E-state index contributed by atoms with van der Waals surface area (Å²) < 4.78 is 6.16. The standard InChI is InChI=1S/C11H12BrNO2/c12-10-3-1-9(2-4-10)7-11(14)13-5-6-15-8-13/h1-4H,5-8H2. The molecular formula is C11H12BrNO2. The van der Waals surface area contributed by atoms with Gasteiger partial charge < -0.3 is 9.64 Å². The topological polar surface area (TPSA) is 29.5 Å². The van der Waals surface area contributed by atoms with Crippen molar-refractivity contribution in [1.29, 1.82) is 0 Å². The molecule has 0 radical (unpaired) electrons. The van der Waals surface area contributed by atoms with Gasteiger partial charge >= 0.3 is 0 Å². The van der Waals surface area contributed by atoms with E-state index >= 15 is 0 Å². The van der Waals surface area contributed by atoms with Gasteiger partial charge in [-0.25, -0.2) is 0 Å². The molecule has 0 aliphatic carbocycles. The lowest BCUT2D eigenvalue weighted by molar-refractivity contribution is -0.130. The van der Waals surface area contributed by atoms with Crippen molar-refractivity contribution in [2.24, 2.45) is 0 Å². The first-order chi connectivity index (χ1) is 7.25. The fourth-order valence-electron chi connectivity index (χ4n) is 1.50. The van der Waals surface area contributed by atoms with Crippen LogP contribution in [-0.4, -0.2) is 30.7 Å². The number of hydrogen-bond donors (Lipinski definition) is 0. The Hall–Kier alpha value is -0.870. The Morgan fingerprint density at radius 2 is 2.13 bits per heavy atom. The van der Waals surface area contributed by atoms with E-state index in [1.165, 1.54) is 0 Å². The van der Waals surface area contributed by atoms with E-state index in [-0.39, 0.29) is 5.91 Å². The van der Waals surface area contributed by atoms with Crippen LogP contribution in [0.5, 0.6) is 0 Å². The summed E-state index contributed by atoms with van der Waals surface area (Å²) in [6.07, 6.45) is 0.455. The number of carbonyl (C=O) groups is 1. The van der Waals surface area contributed by atoms with E-state index in [2.05, 4.69) is 15.9 Å². The van der Waals surface area contributed by atoms with E-state index in [9.17, 15) is 4.79 Å². The summed E-state index contributed by atoms with van der Waals surface area (Å²) in [5.41, 5.74) is 1.04. The van der Waals surface area contributed by atoms with Crippen LogP contribution in [-0.2, 0) is 16.0 Å². The summed E-state index contributed by atoms with van der Waals surface area (Å²) in [6, 6.07) is 7.81. The number of ether oxygens (including phenoxy) is 1. The molecule has 0 N–H and O–H groups in total. The molecule has 1 amide bonds. The number of hydrogen-bond acceptors (Lipinski definition) is 2. The van der Waals surface area contributed by atoms with Crippen molar-refractivity contribution in [3.8, 4) is 0 Å². The third-order valence-corrected chi connectivity index (χ3v) is 2.90. The fourth-order valence-corrected chi connectivity index (χ4v) is 1.76. The first kappa shape index (κ1) is 10.6. The third kappa shape index (κ3) is 2.79.